The zero-order chi connectivity index (χ0) is 24.4. The van der Waals surface area contributed by atoms with Crippen molar-refractivity contribution in [1.82, 2.24) is 5.32 Å². The normalized spacial score (nSPS) is 25.2. The summed E-state index contributed by atoms with van der Waals surface area (Å²) in [6.45, 7) is 7.53. The van der Waals surface area contributed by atoms with Gasteiger partial charge in [-0.15, -0.1) is 0 Å². The van der Waals surface area contributed by atoms with Crippen molar-refractivity contribution in [1.29, 1.82) is 0 Å². The van der Waals surface area contributed by atoms with Crippen LogP contribution in [0.15, 0.2) is 60.7 Å². The maximum absolute atomic E-state index is 11.1. The predicted molar refractivity (Wildman–Crippen MR) is 137 cm³/mol. The van der Waals surface area contributed by atoms with E-state index in [9.17, 15) is 5.11 Å². The van der Waals surface area contributed by atoms with Crippen LogP contribution in [-0.4, -0.2) is 48.7 Å². The van der Waals surface area contributed by atoms with E-state index in [4.69, 9.17) is 14.2 Å². The molecular formula is C29H43NO4. The second-order valence-electron chi connectivity index (χ2n) is 9.90. The monoisotopic (exact) mass is 469 g/mol. The SMILES string of the molecule is CCCCC(C)C(C)(O)CO[C@@H]1[C@@H](NC)[C@H](OCc2ccccc2)C[C@@H]1OCc1ccccc1. The van der Waals surface area contributed by atoms with Gasteiger partial charge in [-0.2, -0.15) is 0 Å². The van der Waals surface area contributed by atoms with Gasteiger partial charge in [-0.1, -0.05) is 87.4 Å². The fourth-order valence-corrected chi connectivity index (χ4v) is 4.63. The molecule has 1 saturated carbocycles. The molecule has 0 aliphatic heterocycles. The zero-order valence-electron chi connectivity index (χ0n) is 21.3. The average Bonchev–Trinajstić information content (AvgIpc) is 3.21. The van der Waals surface area contributed by atoms with Crippen molar-refractivity contribution in [2.75, 3.05) is 13.7 Å². The van der Waals surface area contributed by atoms with Gasteiger partial charge < -0.3 is 24.6 Å². The predicted octanol–water partition coefficient (Wildman–Crippen LogP) is 5.11. The van der Waals surface area contributed by atoms with Crippen LogP contribution in [-0.2, 0) is 27.4 Å². The summed E-state index contributed by atoms with van der Waals surface area (Å²) in [4.78, 5) is 0. The first-order valence-corrected chi connectivity index (χ1v) is 12.8. The minimum Gasteiger partial charge on any atom is -0.387 e. The van der Waals surface area contributed by atoms with Crippen LogP contribution in [0.3, 0.4) is 0 Å². The molecule has 0 amide bonds. The number of nitrogens with one attached hydrogen (secondary N) is 1. The minimum atomic E-state index is -0.888. The molecule has 1 fully saturated rings. The molecule has 1 aliphatic rings. The standard InChI is InChI=1S/C29H43NO4/c1-5-6-13-22(2)29(3,31)21-34-28-26(33-20-24-16-11-8-12-17-24)18-25(27(28)30-4)32-19-23-14-9-7-10-15-23/h7-12,14-17,22,25-28,30-31H,5-6,13,18-21H2,1-4H3/t22?,25-,26+,27+,28+,29?/m1/s1. The lowest BCUT2D eigenvalue weighted by Gasteiger charge is -2.34. The van der Waals surface area contributed by atoms with Crippen LogP contribution in [0.25, 0.3) is 0 Å². The van der Waals surface area contributed by atoms with Gasteiger partial charge >= 0.3 is 0 Å². The Morgan fingerprint density at radius 1 is 0.941 bits per heavy atom. The van der Waals surface area contributed by atoms with Gasteiger partial charge in [0.05, 0.1) is 43.7 Å². The molecule has 2 unspecified atom stereocenters. The number of hydrogen-bond donors (Lipinski definition) is 2. The lowest BCUT2D eigenvalue weighted by atomic mass is 9.87. The smallest absolute Gasteiger partial charge is 0.102 e. The van der Waals surface area contributed by atoms with Crippen LogP contribution in [0.2, 0.25) is 0 Å². The number of ether oxygens (including phenoxy) is 3. The lowest BCUT2D eigenvalue weighted by molar-refractivity contribution is -0.129. The summed E-state index contributed by atoms with van der Waals surface area (Å²) in [6.07, 6.45) is 3.59. The van der Waals surface area contributed by atoms with E-state index in [0.29, 0.717) is 13.2 Å². The third kappa shape index (κ3) is 7.62. The van der Waals surface area contributed by atoms with Gasteiger partial charge in [0, 0.05) is 6.42 Å². The number of rotatable bonds is 14. The molecule has 0 spiro atoms. The summed E-state index contributed by atoms with van der Waals surface area (Å²) in [5.74, 6) is 0.163. The molecule has 0 heterocycles. The van der Waals surface area contributed by atoms with Crippen LogP contribution in [0.4, 0.5) is 0 Å². The summed E-state index contributed by atoms with van der Waals surface area (Å²) in [5.41, 5.74) is 1.40. The number of aliphatic hydroxyl groups is 1. The van der Waals surface area contributed by atoms with Crippen molar-refractivity contribution >= 4 is 0 Å². The molecule has 6 atom stereocenters. The van der Waals surface area contributed by atoms with Crippen molar-refractivity contribution in [3.8, 4) is 0 Å². The molecule has 1 aliphatic carbocycles. The van der Waals surface area contributed by atoms with Crippen molar-refractivity contribution < 1.29 is 19.3 Å². The molecule has 188 valence electrons. The maximum atomic E-state index is 11.1. The fourth-order valence-electron chi connectivity index (χ4n) is 4.63. The summed E-state index contributed by atoms with van der Waals surface area (Å²) < 4.78 is 19.2. The second-order valence-corrected chi connectivity index (χ2v) is 9.90. The highest BCUT2D eigenvalue weighted by Gasteiger charge is 2.46. The number of benzene rings is 2. The van der Waals surface area contributed by atoms with Gasteiger partial charge in [0.25, 0.3) is 0 Å². The van der Waals surface area contributed by atoms with Crippen molar-refractivity contribution in [3.63, 3.8) is 0 Å². The number of likely N-dealkylation sites (N-methyl/N-ethyl adjacent to an activating group) is 1. The quantitative estimate of drug-likeness (QED) is 0.403. The van der Waals surface area contributed by atoms with Gasteiger partial charge in [0.1, 0.15) is 6.10 Å². The molecule has 0 bridgehead atoms. The van der Waals surface area contributed by atoms with Gasteiger partial charge in [-0.25, -0.2) is 0 Å². The highest BCUT2D eigenvalue weighted by molar-refractivity contribution is 5.15. The Bertz CT molecular complexity index is 813. The first-order valence-electron chi connectivity index (χ1n) is 12.8. The number of unbranched alkanes of at least 4 members (excludes halogenated alkanes) is 1. The van der Waals surface area contributed by atoms with E-state index in [1.54, 1.807) is 0 Å². The molecule has 2 N–H and O–H groups in total. The number of hydrogen-bond acceptors (Lipinski definition) is 5. The molecule has 2 aromatic rings. The van der Waals surface area contributed by atoms with Crippen molar-refractivity contribution in [2.24, 2.45) is 5.92 Å². The molecule has 3 rings (SSSR count). The van der Waals surface area contributed by atoms with Crippen LogP contribution in [0.1, 0.15) is 57.6 Å². The Kier molecular flexibility index (Phi) is 10.5. The molecule has 0 saturated heterocycles. The Balaban J connectivity index is 1.68. The van der Waals surface area contributed by atoms with E-state index in [1.807, 2.05) is 50.4 Å². The topological polar surface area (TPSA) is 60.0 Å². The van der Waals surface area contributed by atoms with Gasteiger partial charge in [-0.05, 0) is 37.4 Å². The highest BCUT2D eigenvalue weighted by atomic mass is 16.6. The Morgan fingerprint density at radius 2 is 1.50 bits per heavy atom. The summed E-state index contributed by atoms with van der Waals surface area (Å²) in [5, 5.41) is 14.5. The highest BCUT2D eigenvalue weighted by Crippen LogP contribution is 2.32. The third-order valence-corrected chi connectivity index (χ3v) is 7.15. The van der Waals surface area contributed by atoms with E-state index in [0.717, 1.165) is 36.8 Å². The van der Waals surface area contributed by atoms with E-state index < -0.39 is 5.60 Å². The first-order chi connectivity index (χ1) is 16.4. The van der Waals surface area contributed by atoms with E-state index in [1.165, 1.54) is 0 Å². The van der Waals surface area contributed by atoms with E-state index in [2.05, 4.69) is 43.4 Å². The average molecular weight is 470 g/mol. The molecule has 2 aromatic carbocycles. The third-order valence-electron chi connectivity index (χ3n) is 7.15. The lowest BCUT2D eigenvalue weighted by Crippen LogP contribution is -2.48. The van der Waals surface area contributed by atoms with Gasteiger partial charge in [0.2, 0.25) is 0 Å². The first kappa shape index (κ1) is 26.8. The van der Waals surface area contributed by atoms with Crippen LogP contribution < -0.4 is 5.32 Å². The molecule has 0 aromatic heterocycles. The van der Waals surface area contributed by atoms with Crippen molar-refractivity contribution in [2.45, 2.75) is 89.6 Å². The second kappa shape index (κ2) is 13.4. The van der Waals surface area contributed by atoms with Gasteiger partial charge in [0.15, 0.2) is 0 Å². The van der Waals surface area contributed by atoms with Crippen molar-refractivity contribution in [3.05, 3.63) is 71.8 Å². The summed E-state index contributed by atoms with van der Waals surface area (Å²) in [7, 11) is 1.95. The Labute approximate surface area is 205 Å². The van der Waals surface area contributed by atoms with E-state index in [-0.39, 0.29) is 36.9 Å². The minimum absolute atomic E-state index is 0.0220. The molecule has 5 nitrogen and oxygen atoms in total. The Hall–Kier alpha value is -1.76. The zero-order valence-corrected chi connectivity index (χ0v) is 21.3. The summed E-state index contributed by atoms with van der Waals surface area (Å²) >= 11 is 0. The Morgan fingerprint density at radius 3 is 2.03 bits per heavy atom. The van der Waals surface area contributed by atoms with E-state index >= 15 is 0 Å². The largest absolute Gasteiger partial charge is 0.387 e. The molecule has 5 heteroatoms. The molecule has 0 radical (unpaired) electrons. The summed E-state index contributed by atoms with van der Waals surface area (Å²) in [6, 6.07) is 20.4. The van der Waals surface area contributed by atoms with Crippen LogP contribution in [0.5, 0.6) is 0 Å². The fraction of sp³-hybridized carbons (Fsp3) is 0.586. The molecule has 34 heavy (non-hydrogen) atoms. The molecular weight excluding hydrogens is 426 g/mol. The van der Waals surface area contributed by atoms with Crippen LogP contribution >= 0.6 is 0 Å². The van der Waals surface area contributed by atoms with Gasteiger partial charge in [-0.3, -0.25) is 0 Å². The van der Waals surface area contributed by atoms with Crippen LogP contribution in [0, 0.1) is 5.92 Å². The maximum Gasteiger partial charge on any atom is 0.102 e.